The number of hydrogen-bond acceptors (Lipinski definition) is 11. The fraction of sp³-hybridized carbons (Fsp3) is 0.455. The number of nitro groups is 1. The van der Waals surface area contributed by atoms with Crippen molar-refractivity contribution in [2.45, 2.75) is 56.6 Å². The number of ether oxygens (including phenoxy) is 5. The molecule has 1 N–H and O–H groups in total. The standard InChI is InChI=1S/C33H40N2O9S/c1-22-29(32(36)43-18-17-40-3)31(25-7-6-8-26(21-25)35(38)39)30(23(2)34-22)33(37)44-19-20-45-27-12-10-24(11-13-27)14-16-42-28-9-4-5-15-41-28/h6-8,10-13,21,28,31,34H,4-5,9,14-20H2,1-3H3. The quantitative estimate of drug-likeness (QED) is 0.0876. The lowest BCUT2D eigenvalue weighted by Crippen LogP contribution is -2.33. The van der Waals surface area contributed by atoms with E-state index in [0.29, 0.717) is 29.3 Å². The summed E-state index contributed by atoms with van der Waals surface area (Å²) in [6.07, 6.45) is 3.88. The summed E-state index contributed by atoms with van der Waals surface area (Å²) in [6.45, 7) is 5.11. The number of carbonyl (C=O) groups is 2. The minimum absolute atomic E-state index is 0.0116. The number of nitrogens with one attached hydrogen (secondary N) is 1. The Morgan fingerprint density at radius 2 is 1.69 bits per heavy atom. The Morgan fingerprint density at radius 3 is 2.33 bits per heavy atom. The number of thioether (sulfide) groups is 1. The minimum Gasteiger partial charge on any atom is -0.461 e. The van der Waals surface area contributed by atoms with E-state index in [1.54, 1.807) is 31.7 Å². The number of non-ortho nitro benzene ring substituents is 1. The molecule has 0 radical (unpaired) electrons. The lowest BCUT2D eigenvalue weighted by molar-refractivity contribution is -0.384. The van der Waals surface area contributed by atoms with Crippen molar-refractivity contribution in [2.24, 2.45) is 0 Å². The first kappa shape index (κ1) is 34.2. The molecule has 0 spiro atoms. The lowest BCUT2D eigenvalue weighted by atomic mass is 9.80. The molecule has 11 nitrogen and oxygen atoms in total. The molecule has 0 saturated carbocycles. The zero-order chi connectivity index (χ0) is 32.2. The summed E-state index contributed by atoms with van der Waals surface area (Å²) in [5, 5.41) is 14.6. The number of nitro benzene ring substituents is 1. The fourth-order valence-electron chi connectivity index (χ4n) is 5.26. The second-order valence-corrected chi connectivity index (χ2v) is 11.8. The van der Waals surface area contributed by atoms with E-state index in [-0.39, 0.29) is 42.9 Å². The summed E-state index contributed by atoms with van der Waals surface area (Å²) in [5.41, 5.74) is 2.75. The summed E-state index contributed by atoms with van der Waals surface area (Å²) < 4.78 is 27.5. The van der Waals surface area contributed by atoms with Gasteiger partial charge in [-0.3, -0.25) is 10.1 Å². The zero-order valence-corrected chi connectivity index (χ0v) is 26.7. The van der Waals surface area contributed by atoms with Crippen LogP contribution in [0.25, 0.3) is 0 Å². The average molecular weight is 641 g/mol. The molecule has 12 heteroatoms. The van der Waals surface area contributed by atoms with Crippen LogP contribution in [0.3, 0.4) is 0 Å². The van der Waals surface area contributed by atoms with Gasteiger partial charge >= 0.3 is 11.9 Å². The van der Waals surface area contributed by atoms with E-state index in [1.165, 1.54) is 30.9 Å². The molecule has 2 unspecified atom stereocenters. The first-order valence-corrected chi connectivity index (χ1v) is 16.0. The molecule has 2 aliphatic heterocycles. The maximum Gasteiger partial charge on any atom is 0.336 e. The van der Waals surface area contributed by atoms with Crippen molar-refractivity contribution in [1.29, 1.82) is 0 Å². The molecule has 1 fully saturated rings. The highest BCUT2D eigenvalue weighted by Gasteiger charge is 2.38. The lowest BCUT2D eigenvalue weighted by Gasteiger charge is -2.30. The SMILES string of the molecule is COCCOC(=O)C1=C(C)NC(C)=C(C(=O)OCCSc2ccc(CCOC3CCCCO3)cc2)C1c1cccc([N+](=O)[O-])c1. The summed E-state index contributed by atoms with van der Waals surface area (Å²) in [7, 11) is 1.49. The van der Waals surface area contributed by atoms with E-state index < -0.39 is 22.8 Å². The van der Waals surface area contributed by atoms with Crippen LogP contribution in [-0.4, -0.2) is 69.0 Å². The van der Waals surface area contributed by atoms with Gasteiger partial charge in [0, 0.05) is 47.9 Å². The molecule has 0 aliphatic carbocycles. The molecule has 4 rings (SSSR count). The third-order valence-electron chi connectivity index (χ3n) is 7.48. The molecule has 2 heterocycles. The highest BCUT2D eigenvalue weighted by Crippen LogP contribution is 2.40. The topological polar surface area (TPSA) is 135 Å². The van der Waals surface area contributed by atoms with Gasteiger partial charge in [-0.25, -0.2) is 9.59 Å². The van der Waals surface area contributed by atoms with E-state index in [0.717, 1.165) is 37.2 Å². The molecule has 0 bridgehead atoms. The summed E-state index contributed by atoms with van der Waals surface area (Å²) in [4.78, 5) is 38.8. The van der Waals surface area contributed by atoms with Crippen LogP contribution in [0.15, 0.2) is 76.0 Å². The summed E-state index contributed by atoms with van der Waals surface area (Å²) in [5.74, 6) is -1.69. The molecule has 2 aromatic carbocycles. The Hall–Kier alpha value is -3.71. The van der Waals surface area contributed by atoms with Gasteiger partial charge in [0.05, 0.1) is 35.2 Å². The normalized spacial score (nSPS) is 18.4. The number of carbonyl (C=O) groups excluding carboxylic acids is 2. The second-order valence-electron chi connectivity index (χ2n) is 10.7. The molecule has 45 heavy (non-hydrogen) atoms. The number of esters is 2. The van der Waals surface area contributed by atoms with E-state index in [1.807, 2.05) is 12.1 Å². The van der Waals surface area contributed by atoms with Gasteiger partial charge in [0.25, 0.3) is 5.69 Å². The van der Waals surface area contributed by atoms with Crippen LogP contribution in [-0.2, 0) is 39.7 Å². The summed E-state index contributed by atoms with van der Waals surface area (Å²) >= 11 is 1.55. The third-order valence-corrected chi connectivity index (χ3v) is 8.45. The molecular weight excluding hydrogens is 600 g/mol. The van der Waals surface area contributed by atoms with E-state index in [9.17, 15) is 19.7 Å². The van der Waals surface area contributed by atoms with Gasteiger partial charge < -0.3 is 29.0 Å². The monoisotopic (exact) mass is 640 g/mol. The predicted octanol–water partition coefficient (Wildman–Crippen LogP) is 5.44. The van der Waals surface area contributed by atoms with Crippen molar-refractivity contribution in [3.8, 4) is 0 Å². The highest BCUT2D eigenvalue weighted by atomic mass is 32.2. The molecule has 242 valence electrons. The van der Waals surface area contributed by atoms with E-state index in [4.69, 9.17) is 23.7 Å². The number of dihydropyridines is 1. The first-order chi connectivity index (χ1) is 21.8. The Bertz CT molecular complexity index is 1400. The highest BCUT2D eigenvalue weighted by molar-refractivity contribution is 7.99. The van der Waals surface area contributed by atoms with Crippen molar-refractivity contribution in [3.05, 3.63) is 92.3 Å². The van der Waals surface area contributed by atoms with Crippen LogP contribution in [0.1, 0.15) is 50.2 Å². The van der Waals surface area contributed by atoms with Gasteiger partial charge in [-0.05, 0) is 62.8 Å². The van der Waals surface area contributed by atoms with Gasteiger partial charge in [0.1, 0.15) is 13.2 Å². The number of nitrogens with zero attached hydrogens (tertiary/aromatic N) is 1. The van der Waals surface area contributed by atoms with E-state index in [2.05, 4.69) is 17.4 Å². The van der Waals surface area contributed by atoms with Crippen molar-refractivity contribution >= 4 is 29.4 Å². The van der Waals surface area contributed by atoms with Gasteiger partial charge in [0.15, 0.2) is 6.29 Å². The number of methoxy groups -OCH3 is 1. The molecule has 0 aromatic heterocycles. The van der Waals surface area contributed by atoms with E-state index >= 15 is 0 Å². The molecular formula is C33H40N2O9S. The molecule has 2 aromatic rings. The van der Waals surface area contributed by atoms with Gasteiger partial charge in [-0.15, -0.1) is 11.8 Å². The zero-order valence-electron chi connectivity index (χ0n) is 25.9. The largest absolute Gasteiger partial charge is 0.461 e. The molecule has 2 atom stereocenters. The minimum atomic E-state index is -0.928. The molecule has 1 saturated heterocycles. The van der Waals surface area contributed by atoms with Gasteiger partial charge in [0.2, 0.25) is 0 Å². The second kappa shape index (κ2) is 17.1. The van der Waals surface area contributed by atoms with Crippen molar-refractivity contribution in [2.75, 3.05) is 45.9 Å². The predicted molar refractivity (Wildman–Crippen MR) is 169 cm³/mol. The maximum absolute atomic E-state index is 13.5. The van der Waals surface area contributed by atoms with Crippen LogP contribution in [0.2, 0.25) is 0 Å². The van der Waals surface area contributed by atoms with Crippen LogP contribution in [0.4, 0.5) is 5.69 Å². The number of rotatable bonds is 15. The Morgan fingerprint density at radius 1 is 0.978 bits per heavy atom. The van der Waals surface area contributed by atoms with Crippen LogP contribution in [0.5, 0.6) is 0 Å². The van der Waals surface area contributed by atoms with Crippen molar-refractivity contribution < 1.29 is 38.2 Å². The maximum atomic E-state index is 13.5. The van der Waals surface area contributed by atoms with Crippen LogP contribution in [0, 0.1) is 10.1 Å². The van der Waals surface area contributed by atoms with Gasteiger partial charge in [-0.2, -0.15) is 0 Å². The van der Waals surface area contributed by atoms with Crippen LogP contribution >= 0.6 is 11.8 Å². The Kier molecular flexibility index (Phi) is 13.0. The van der Waals surface area contributed by atoms with Gasteiger partial charge in [-0.1, -0.05) is 24.3 Å². The summed E-state index contributed by atoms with van der Waals surface area (Å²) in [6, 6.07) is 14.1. The molecule has 0 amide bonds. The first-order valence-electron chi connectivity index (χ1n) is 15.0. The Labute approximate surface area is 267 Å². The Balaban J connectivity index is 1.38. The van der Waals surface area contributed by atoms with Crippen molar-refractivity contribution in [3.63, 3.8) is 0 Å². The van der Waals surface area contributed by atoms with Crippen molar-refractivity contribution in [1.82, 2.24) is 5.32 Å². The third kappa shape index (κ3) is 9.64. The number of benzene rings is 2. The number of allylic oxidation sites excluding steroid dienone is 2. The smallest absolute Gasteiger partial charge is 0.336 e. The van der Waals surface area contributed by atoms with Crippen LogP contribution < -0.4 is 5.32 Å². The number of hydrogen-bond donors (Lipinski definition) is 1. The molecule has 2 aliphatic rings. The fourth-order valence-corrected chi connectivity index (χ4v) is 5.99. The average Bonchev–Trinajstić information content (AvgIpc) is 3.04.